The standard InChI is InChI=1S/C17H13ClN2O/c1-11-8-12(9-16-15(11)6-3-7-19-16)17(21)20-14-5-2-4-13(18)10-14/h2-10H,1H3,(H,20,21). The van der Waals surface area contributed by atoms with Gasteiger partial charge in [-0.25, -0.2) is 0 Å². The van der Waals surface area contributed by atoms with Gasteiger partial charge in [0.25, 0.3) is 5.91 Å². The van der Waals surface area contributed by atoms with Crippen LogP contribution in [0.2, 0.25) is 5.02 Å². The van der Waals surface area contributed by atoms with Crippen LogP contribution in [-0.4, -0.2) is 10.9 Å². The molecule has 1 N–H and O–H groups in total. The van der Waals surface area contributed by atoms with Gasteiger partial charge >= 0.3 is 0 Å². The Labute approximate surface area is 127 Å². The van der Waals surface area contributed by atoms with Crippen molar-refractivity contribution < 1.29 is 4.79 Å². The molecule has 0 unspecified atom stereocenters. The zero-order valence-corrected chi connectivity index (χ0v) is 12.2. The van der Waals surface area contributed by atoms with Crippen LogP contribution in [0.15, 0.2) is 54.7 Å². The van der Waals surface area contributed by atoms with Gasteiger partial charge in [-0.15, -0.1) is 0 Å². The van der Waals surface area contributed by atoms with Gasteiger partial charge in [0.1, 0.15) is 0 Å². The Kier molecular flexibility index (Phi) is 3.59. The second-order valence-electron chi connectivity index (χ2n) is 4.83. The van der Waals surface area contributed by atoms with Crippen molar-refractivity contribution in [1.29, 1.82) is 0 Å². The molecule has 4 heteroatoms. The molecule has 3 nitrogen and oxygen atoms in total. The van der Waals surface area contributed by atoms with Crippen LogP contribution in [0.5, 0.6) is 0 Å². The second-order valence-corrected chi connectivity index (χ2v) is 5.26. The number of halogens is 1. The van der Waals surface area contributed by atoms with Gasteiger partial charge in [0.15, 0.2) is 0 Å². The van der Waals surface area contributed by atoms with E-state index in [2.05, 4.69) is 10.3 Å². The number of nitrogens with one attached hydrogen (secondary N) is 1. The molecule has 0 aliphatic rings. The molecule has 3 rings (SSSR count). The Morgan fingerprint density at radius 3 is 2.81 bits per heavy atom. The van der Waals surface area contributed by atoms with Gasteiger partial charge in [-0.3, -0.25) is 9.78 Å². The number of carbonyl (C=O) groups is 1. The Hall–Kier alpha value is -2.39. The summed E-state index contributed by atoms with van der Waals surface area (Å²) in [5.41, 5.74) is 3.09. The lowest BCUT2D eigenvalue weighted by Gasteiger charge is -2.08. The molecule has 104 valence electrons. The first-order valence-corrected chi connectivity index (χ1v) is 6.93. The molecular weight excluding hydrogens is 284 g/mol. The molecule has 1 heterocycles. The van der Waals surface area contributed by atoms with Crippen LogP contribution in [-0.2, 0) is 0 Å². The van der Waals surface area contributed by atoms with E-state index >= 15 is 0 Å². The summed E-state index contributed by atoms with van der Waals surface area (Å²) in [4.78, 5) is 16.6. The van der Waals surface area contributed by atoms with Crippen molar-refractivity contribution >= 4 is 34.1 Å². The molecule has 1 amide bonds. The largest absolute Gasteiger partial charge is 0.322 e. The minimum atomic E-state index is -0.173. The van der Waals surface area contributed by atoms with Gasteiger partial charge in [-0.1, -0.05) is 23.7 Å². The lowest BCUT2D eigenvalue weighted by atomic mass is 10.0. The topological polar surface area (TPSA) is 42.0 Å². The van der Waals surface area contributed by atoms with Crippen LogP contribution in [0.4, 0.5) is 5.69 Å². The zero-order chi connectivity index (χ0) is 14.8. The number of aromatic nitrogens is 1. The van der Waals surface area contributed by atoms with Crippen LogP contribution in [0.25, 0.3) is 10.9 Å². The third-order valence-corrected chi connectivity index (χ3v) is 3.51. The van der Waals surface area contributed by atoms with Gasteiger partial charge in [0.05, 0.1) is 5.52 Å². The quantitative estimate of drug-likeness (QED) is 0.759. The van der Waals surface area contributed by atoms with Crippen LogP contribution in [0, 0.1) is 6.92 Å². The first-order chi connectivity index (χ1) is 10.1. The summed E-state index contributed by atoms with van der Waals surface area (Å²) in [6.07, 6.45) is 1.72. The fourth-order valence-electron chi connectivity index (χ4n) is 2.27. The predicted molar refractivity (Wildman–Crippen MR) is 85.9 cm³/mol. The van der Waals surface area contributed by atoms with Crippen molar-refractivity contribution in [2.45, 2.75) is 6.92 Å². The highest BCUT2D eigenvalue weighted by atomic mass is 35.5. The maximum absolute atomic E-state index is 12.3. The monoisotopic (exact) mass is 296 g/mol. The number of hydrogen-bond acceptors (Lipinski definition) is 2. The molecule has 1 aromatic heterocycles. The zero-order valence-electron chi connectivity index (χ0n) is 11.4. The fourth-order valence-corrected chi connectivity index (χ4v) is 2.46. The normalized spacial score (nSPS) is 10.6. The molecule has 0 radical (unpaired) electrons. The molecule has 0 fully saturated rings. The Bertz CT molecular complexity index is 830. The number of amides is 1. The lowest BCUT2D eigenvalue weighted by Crippen LogP contribution is -2.12. The first kappa shape index (κ1) is 13.6. The molecule has 0 saturated heterocycles. The van der Waals surface area contributed by atoms with E-state index in [0.717, 1.165) is 16.5 Å². The molecular formula is C17H13ClN2O. The highest BCUT2D eigenvalue weighted by Gasteiger charge is 2.09. The molecule has 0 aliphatic carbocycles. The summed E-state index contributed by atoms with van der Waals surface area (Å²) in [5.74, 6) is -0.173. The number of rotatable bonds is 2. The summed E-state index contributed by atoms with van der Waals surface area (Å²) in [6, 6.07) is 14.6. The van der Waals surface area contributed by atoms with Gasteiger partial charge in [0, 0.05) is 27.9 Å². The van der Waals surface area contributed by atoms with Crippen molar-refractivity contribution in [2.75, 3.05) is 5.32 Å². The van der Waals surface area contributed by atoms with E-state index < -0.39 is 0 Å². The van der Waals surface area contributed by atoms with Gasteiger partial charge < -0.3 is 5.32 Å². The highest BCUT2D eigenvalue weighted by Crippen LogP contribution is 2.20. The molecule has 0 saturated carbocycles. The minimum Gasteiger partial charge on any atom is -0.322 e. The molecule has 2 aromatic carbocycles. The van der Waals surface area contributed by atoms with Gasteiger partial charge in [0.2, 0.25) is 0 Å². The third kappa shape index (κ3) is 2.88. The predicted octanol–water partition coefficient (Wildman–Crippen LogP) is 4.45. The smallest absolute Gasteiger partial charge is 0.255 e. The van der Waals surface area contributed by atoms with E-state index in [4.69, 9.17) is 11.6 Å². The summed E-state index contributed by atoms with van der Waals surface area (Å²) in [7, 11) is 0. The first-order valence-electron chi connectivity index (χ1n) is 6.56. The van der Waals surface area contributed by atoms with E-state index in [9.17, 15) is 4.79 Å². The lowest BCUT2D eigenvalue weighted by molar-refractivity contribution is 0.102. The van der Waals surface area contributed by atoms with E-state index in [0.29, 0.717) is 16.3 Å². The molecule has 0 bridgehead atoms. The van der Waals surface area contributed by atoms with E-state index in [-0.39, 0.29) is 5.91 Å². The number of fused-ring (bicyclic) bond motifs is 1. The summed E-state index contributed by atoms with van der Waals surface area (Å²) >= 11 is 5.92. The van der Waals surface area contributed by atoms with Crippen LogP contribution < -0.4 is 5.32 Å². The molecule has 0 atom stereocenters. The Balaban J connectivity index is 1.94. The summed E-state index contributed by atoms with van der Waals surface area (Å²) < 4.78 is 0. The molecule has 3 aromatic rings. The highest BCUT2D eigenvalue weighted by molar-refractivity contribution is 6.31. The summed E-state index contributed by atoms with van der Waals surface area (Å²) in [6.45, 7) is 1.97. The molecule has 21 heavy (non-hydrogen) atoms. The number of nitrogens with zero attached hydrogens (tertiary/aromatic N) is 1. The van der Waals surface area contributed by atoms with Crippen LogP contribution in [0.1, 0.15) is 15.9 Å². The van der Waals surface area contributed by atoms with E-state index in [1.54, 1.807) is 36.5 Å². The van der Waals surface area contributed by atoms with Gasteiger partial charge in [-0.2, -0.15) is 0 Å². The average Bonchev–Trinajstić information content (AvgIpc) is 2.47. The number of hydrogen-bond donors (Lipinski definition) is 1. The second kappa shape index (κ2) is 5.54. The molecule has 0 spiro atoms. The van der Waals surface area contributed by atoms with E-state index in [1.165, 1.54) is 0 Å². The van der Waals surface area contributed by atoms with Crippen molar-refractivity contribution in [2.24, 2.45) is 0 Å². The molecule has 0 aliphatic heterocycles. The Morgan fingerprint density at radius 2 is 2.00 bits per heavy atom. The Morgan fingerprint density at radius 1 is 1.14 bits per heavy atom. The number of pyridine rings is 1. The number of benzene rings is 2. The number of anilines is 1. The summed E-state index contributed by atoms with van der Waals surface area (Å²) in [5, 5.41) is 4.48. The minimum absolute atomic E-state index is 0.173. The SMILES string of the molecule is Cc1cc(C(=O)Nc2cccc(Cl)c2)cc2ncccc12. The average molecular weight is 297 g/mol. The van der Waals surface area contributed by atoms with Crippen molar-refractivity contribution in [1.82, 2.24) is 4.98 Å². The van der Waals surface area contributed by atoms with Crippen molar-refractivity contribution in [3.8, 4) is 0 Å². The number of carbonyl (C=O) groups excluding carboxylic acids is 1. The van der Waals surface area contributed by atoms with Crippen LogP contribution >= 0.6 is 11.6 Å². The van der Waals surface area contributed by atoms with E-state index in [1.807, 2.05) is 25.1 Å². The third-order valence-electron chi connectivity index (χ3n) is 3.27. The van der Waals surface area contributed by atoms with Crippen molar-refractivity contribution in [3.05, 3.63) is 70.9 Å². The number of aryl methyl sites for hydroxylation is 1. The maximum Gasteiger partial charge on any atom is 0.255 e. The van der Waals surface area contributed by atoms with Crippen LogP contribution in [0.3, 0.4) is 0 Å². The van der Waals surface area contributed by atoms with Gasteiger partial charge in [-0.05, 0) is 48.9 Å². The maximum atomic E-state index is 12.3. The van der Waals surface area contributed by atoms with Crippen molar-refractivity contribution in [3.63, 3.8) is 0 Å². The fraction of sp³-hybridized carbons (Fsp3) is 0.0588.